The lowest BCUT2D eigenvalue weighted by molar-refractivity contribution is 0.171. The lowest BCUT2D eigenvalue weighted by atomic mass is 10.0. The minimum absolute atomic E-state index is 0.0895. The van der Waals surface area contributed by atoms with E-state index in [0.717, 1.165) is 17.2 Å². The topological polar surface area (TPSA) is 54.2 Å². The van der Waals surface area contributed by atoms with Crippen LogP contribution in [-0.2, 0) is 13.6 Å². The summed E-state index contributed by atoms with van der Waals surface area (Å²) in [6.45, 7) is 1.25. The summed E-state index contributed by atoms with van der Waals surface area (Å²) < 4.78 is 15.2. The van der Waals surface area contributed by atoms with E-state index in [2.05, 4.69) is 19.7 Å². The molecule has 0 bridgehead atoms. The molecule has 2 unspecified atom stereocenters. The van der Waals surface area contributed by atoms with Crippen LogP contribution in [0.5, 0.6) is 0 Å². The van der Waals surface area contributed by atoms with E-state index in [1.54, 1.807) is 12.1 Å². The molecule has 4 rings (SSSR count). The highest BCUT2D eigenvalue weighted by Gasteiger charge is 2.34. The van der Waals surface area contributed by atoms with Crippen LogP contribution in [0.1, 0.15) is 48.4 Å². The van der Waals surface area contributed by atoms with Crippen molar-refractivity contribution in [1.29, 1.82) is 0 Å². The van der Waals surface area contributed by atoms with Crippen molar-refractivity contribution in [2.75, 3.05) is 6.54 Å². The third kappa shape index (κ3) is 2.88. The van der Waals surface area contributed by atoms with Crippen LogP contribution >= 0.6 is 0 Å². The predicted molar refractivity (Wildman–Crippen MR) is 83.2 cm³/mol. The van der Waals surface area contributed by atoms with E-state index >= 15 is 0 Å². The molecule has 2 atom stereocenters. The molecule has 0 radical (unpaired) electrons. The van der Waals surface area contributed by atoms with Gasteiger partial charge in [0.1, 0.15) is 17.5 Å². The third-order valence-electron chi connectivity index (χ3n) is 4.92. The quantitative estimate of drug-likeness (QED) is 0.939. The third-order valence-corrected chi connectivity index (χ3v) is 4.92. The Morgan fingerprint density at radius 1 is 1.22 bits per heavy atom. The number of aliphatic hydroxyl groups excluding tert-OH is 1. The summed E-state index contributed by atoms with van der Waals surface area (Å²) >= 11 is 0. The second kappa shape index (κ2) is 5.69. The molecule has 1 aliphatic heterocycles. The maximum Gasteiger partial charge on any atom is 0.146 e. The molecule has 2 aliphatic rings. The van der Waals surface area contributed by atoms with Crippen molar-refractivity contribution in [2.24, 2.45) is 7.05 Å². The van der Waals surface area contributed by atoms with Crippen LogP contribution in [0.15, 0.2) is 24.3 Å². The average Bonchev–Trinajstić information content (AvgIpc) is 3.22. The van der Waals surface area contributed by atoms with Crippen LogP contribution in [-0.4, -0.2) is 37.4 Å². The summed E-state index contributed by atoms with van der Waals surface area (Å²) in [6.07, 6.45) is 2.71. The lowest BCUT2D eigenvalue weighted by Gasteiger charge is -2.24. The number of aliphatic hydroxyl groups is 1. The van der Waals surface area contributed by atoms with Crippen LogP contribution in [0.4, 0.5) is 4.39 Å². The first-order valence-electron chi connectivity index (χ1n) is 8.17. The number of benzene rings is 1. The largest absolute Gasteiger partial charge is 0.392 e. The summed E-state index contributed by atoms with van der Waals surface area (Å²) in [5, 5.41) is 18.7. The van der Waals surface area contributed by atoms with Gasteiger partial charge in [0.2, 0.25) is 0 Å². The fourth-order valence-electron chi connectivity index (χ4n) is 3.48. The molecule has 0 spiro atoms. The standard InChI is InChI=1S/C17H21FN4O/c1-21-16(19-20-17(21)12-2-3-12)10-22-9-14(23)8-15(22)11-4-6-13(18)7-5-11/h4-7,12,14-15,23H,2-3,8-10H2,1H3. The molecule has 2 aromatic rings. The number of hydrogen-bond donors (Lipinski definition) is 1. The minimum Gasteiger partial charge on any atom is -0.392 e. The molecule has 122 valence electrons. The van der Waals surface area contributed by atoms with Gasteiger partial charge in [0.15, 0.2) is 0 Å². The van der Waals surface area contributed by atoms with Crippen LogP contribution < -0.4 is 0 Å². The van der Waals surface area contributed by atoms with E-state index in [0.29, 0.717) is 25.4 Å². The van der Waals surface area contributed by atoms with Gasteiger partial charge in [0.25, 0.3) is 0 Å². The number of β-amino-alcohol motifs (C(OH)–C–C–N with tert-alkyl or cyclic N) is 1. The second-order valence-corrected chi connectivity index (χ2v) is 6.69. The van der Waals surface area contributed by atoms with E-state index < -0.39 is 0 Å². The van der Waals surface area contributed by atoms with Gasteiger partial charge in [0, 0.05) is 25.6 Å². The number of aromatic nitrogens is 3. The fourth-order valence-corrected chi connectivity index (χ4v) is 3.48. The van der Waals surface area contributed by atoms with E-state index in [1.807, 2.05) is 7.05 Å². The number of likely N-dealkylation sites (tertiary alicyclic amines) is 1. The van der Waals surface area contributed by atoms with E-state index in [9.17, 15) is 9.50 Å². The molecule has 1 aliphatic carbocycles. The summed E-state index contributed by atoms with van der Waals surface area (Å²) in [5.74, 6) is 2.32. The Kier molecular flexibility index (Phi) is 3.66. The average molecular weight is 316 g/mol. The second-order valence-electron chi connectivity index (χ2n) is 6.69. The van der Waals surface area contributed by atoms with Gasteiger partial charge in [0.05, 0.1) is 12.6 Å². The zero-order valence-corrected chi connectivity index (χ0v) is 13.2. The van der Waals surface area contributed by atoms with Crippen molar-refractivity contribution >= 4 is 0 Å². The van der Waals surface area contributed by atoms with Crippen molar-refractivity contribution in [3.05, 3.63) is 47.3 Å². The van der Waals surface area contributed by atoms with Crippen molar-refractivity contribution in [2.45, 2.75) is 43.9 Å². The van der Waals surface area contributed by atoms with E-state index in [-0.39, 0.29) is 18.0 Å². The van der Waals surface area contributed by atoms with Gasteiger partial charge < -0.3 is 9.67 Å². The Bertz CT molecular complexity index is 695. The van der Waals surface area contributed by atoms with Gasteiger partial charge >= 0.3 is 0 Å². The molecule has 1 N–H and O–H groups in total. The van der Waals surface area contributed by atoms with Crippen molar-refractivity contribution in [3.8, 4) is 0 Å². The Hall–Kier alpha value is -1.79. The number of halogens is 1. The normalized spacial score (nSPS) is 25.2. The molecule has 1 aromatic heterocycles. The highest BCUT2D eigenvalue weighted by Crippen LogP contribution is 2.39. The summed E-state index contributed by atoms with van der Waals surface area (Å²) in [5.41, 5.74) is 1.03. The maximum absolute atomic E-state index is 13.1. The number of nitrogens with zero attached hydrogens (tertiary/aromatic N) is 4. The van der Waals surface area contributed by atoms with Crippen molar-refractivity contribution < 1.29 is 9.50 Å². The molecular formula is C17H21FN4O. The molecule has 23 heavy (non-hydrogen) atoms. The molecular weight excluding hydrogens is 295 g/mol. The van der Waals surface area contributed by atoms with Gasteiger partial charge in [-0.2, -0.15) is 0 Å². The van der Waals surface area contributed by atoms with Crippen molar-refractivity contribution in [3.63, 3.8) is 0 Å². The van der Waals surface area contributed by atoms with Gasteiger partial charge in [-0.1, -0.05) is 12.1 Å². The van der Waals surface area contributed by atoms with Crippen molar-refractivity contribution in [1.82, 2.24) is 19.7 Å². The van der Waals surface area contributed by atoms with Gasteiger partial charge in [-0.25, -0.2) is 4.39 Å². The van der Waals surface area contributed by atoms with E-state index in [1.165, 1.54) is 25.0 Å². The molecule has 1 saturated carbocycles. The molecule has 2 heterocycles. The van der Waals surface area contributed by atoms with Gasteiger partial charge in [-0.05, 0) is 37.0 Å². The van der Waals surface area contributed by atoms with Crippen LogP contribution in [0.3, 0.4) is 0 Å². The Labute approximate surface area is 134 Å². The maximum atomic E-state index is 13.1. The summed E-state index contributed by atoms with van der Waals surface area (Å²) in [6, 6.07) is 6.65. The van der Waals surface area contributed by atoms with Crippen LogP contribution in [0, 0.1) is 5.82 Å². The number of hydrogen-bond acceptors (Lipinski definition) is 4. The van der Waals surface area contributed by atoms with E-state index in [4.69, 9.17) is 0 Å². The monoisotopic (exact) mass is 316 g/mol. The summed E-state index contributed by atoms with van der Waals surface area (Å²) in [7, 11) is 2.02. The highest BCUT2D eigenvalue weighted by molar-refractivity contribution is 5.22. The fraction of sp³-hybridized carbons (Fsp3) is 0.529. The first-order valence-corrected chi connectivity index (χ1v) is 8.17. The molecule has 0 amide bonds. The van der Waals surface area contributed by atoms with Gasteiger partial charge in [-0.15, -0.1) is 10.2 Å². The predicted octanol–water partition coefficient (Wildman–Crippen LogP) is 2.14. The van der Waals surface area contributed by atoms with Crippen LogP contribution in [0.25, 0.3) is 0 Å². The first-order chi connectivity index (χ1) is 11.1. The Balaban J connectivity index is 1.55. The molecule has 5 nitrogen and oxygen atoms in total. The van der Waals surface area contributed by atoms with Gasteiger partial charge in [-0.3, -0.25) is 4.90 Å². The highest BCUT2D eigenvalue weighted by atomic mass is 19.1. The van der Waals surface area contributed by atoms with Crippen LogP contribution in [0.2, 0.25) is 0 Å². The molecule has 2 fully saturated rings. The minimum atomic E-state index is -0.360. The first kappa shape index (κ1) is 14.8. The zero-order valence-electron chi connectivity index (χ0n) is 13.2. The lowest BCUT2D eigenvalue weighted by Crippen LogP contribution is -2.26. The summed E-state index contributed by atoms with van der Waals surface area (Å²) in [4.78, 5) is 2.21. The smallest absolute Gasteiger partial charge is 0.146 e. The molecule has 1 aromatic carbocycles. The SMILES string of the molecule is Cn1c(CN2CC(O)CC2c2ccc(F)cc2)nnc1C1CC1. The Morgan fingerprint density at radius 3 is 2.65 bits per heavy atom. The Morgan fingerprint density at radius 2 is 1.96 bits per heavy atom. The number of rotatable bonds is 4. The molecule has 1 saturated heterocycles. The molecule has 6 heteroatoms. The zero-order chi connectivity index (χ0) is 16.0.